The number of nitrogens with one attached hydrogen (secondary N) is 1. The van der Waals surface area contributed by atoms with Gasteiger partial charge in [-0.25, -0.2) is 4.79 Å². The summed E-state index contributed by atoms with van der Waals surface area (Å²) in [7, 11) is 0. The Morgan fingerprint density at radius 1 is 1.73 bits per heavy atom. The van der Waals surface area contributed by atoms with E-state index in [0.29, 0.717) is 25.6 Å². The van der Waals surface area contributed by atoms with Crippen molar-refractivity contribution in [2.45, 2.75) is 26.0 Å². The summed E-state index contributed by atoms with van der Waals surface area (Å²) in [5.74, 6) is -0.0330. The van der Waals surface area contributed by atoms with E-state index in [1.807, 2.05) is 0 Å². The van der Waals surface area contributed by atoms with E-state index in [0.717, 1.165) is 6.54 Å². The second kappa shape index (κ2) is 5.28. The molecule has 1 aliphatic rings. The van der Waals surface area contributed by atoms with Crippen LogP contribution in [0.2, 0.25) is 0 Å². The molecule has 0 amide bonds. The zero-order valence-corrected chi connectivity index (χ0v) is 9.41. The highest BCUT2D eigenvalue weighted by Gasteiger charge is 2.37. The normalized spacial score (nSPS) is 25.5. The van der Waals surface area contributed by atoms with Gasteiger partial charge in [-0.2, -0.15) is 0 Å². The summed E-state index contributed by atoms with van der Waals surface area (Å²) in [5, 5.41) is 3.32. The molecule has 86 valence electrons. The minimum atomic E-state index is -0.382. The van der Waals surface area contributed by atoms with E-state index in [-0.39, 0.29) is 11.7 Å². The van der Waals surface area contributed by atoms with Gasteiger partial charge in [-0.3, -0.25) is 5.32 Å². The Kier molecular flexibility index (Phi) is 4.29. The number of hydrogen-bond donors (Lipinski definition) is 1. The van der Waals surface area contributed by atoms with Crippen LogP contribution in [0.1, 0.15) is 20.3 Å². The Balaban J connectivity index is 2.39. The number of ether oxygens (including phenoxy) is 2. The highest BCUT2D eigenvalue weighted by molar-refractivity contribution is 5.81. The van der Waals surface area contributed by atoms with Gasteiger partial charge in [-0.15, -0.1) is 0 Å². The topological polar surface area (TPSA) is 47.6 Å². The summed E-state index contributed by atoms with van der Waals surface area (Å²) >= 11 is 0. The molecule has 1 heterocycles. The summed E-state index contributed by atoms with van der Waals surface area (Å²) in [4.78, 5) is 10.9. The van der Waals surface area contributed by atoms with E-state index < -0.39 is 0 Å². The van der Waals surface area contributed by atoms with Crippen LogP contribution < -0.4 is 5.32 Å². The summed E-state index contributed by atoms with van der Waals surface area (Å²) in [6.45, 7) is 9.45. The van der Waals surface area contributed by atoms with Gasteiger partial charge in [-0.1, -0.05) is 20.4 Å². The van der Waals surface area contributed by atoms with E-state index >= 15 is 0 Å². The van der Waals surface area contributed by atoms with Gasteiger partial charge in [0, 0.05) is 19.0 Å². The molecule has 15 heavy (non-hydrogen) atoms. The molecule has 0 aromatic heterocycles. The SMILES string of the molecule is C=CC(=O)OCCC1(C(C)C)NCCO1. The molecule has 0 bridgehead atoms. The van der Waals surface area contributed by atoms with Crippen molar-refractivity contribution >= 4 is 5.97 Å². The van der Waals surface area contributed by atoms with Crippen molar-refractivity contribution in [1.82, 2.24) is 5.32 Å². The third kappa shape index (κ3) is 3.04. The molecule has 4 heteroatoms. The van der Waals surface area contributed by atoms with Crippen LogP contribution in [0.15, 0.2) is 12.7 Å². The predicted octanol–water partition coefficient (Wildman–Crippen LogP) is 1.08. The van der Waals surface area contributed by atoms with Crippen LogP contribution in [-0.4, -0.2) is 31.5 Å². The number of esters is 1. The largest absolute Gasteiger partial charge is 0.462 e. The van der Waals surface area contributed by atoms with Crippen molar-refractivity contribution < 1.29 is 14.3 Å². The van der Waals surface area contributed by atoms with Crippen molar-refractivity contribution in [3.63, 3.8) is 0 Å². The molecule has 0 saturated carbocycles. The summed E-state index contributed by atoms with van der Waals surface area (Å²) < 4.78 is 10.6. The Labute approximate surface area is 90.6 Å². The Bertz CT molecular complexity index is 232. The molecule has 1 N–H and O–H groups in total. The Morgan fingerprint density at radius 3 is 2.93 bits per heavy atom. The summed E-state index contributed by atoms with van der Waals surface area (Å²) in [6, 6.07) is 0. The quantitative estimate of drug-likeness (QED) is 0.548. The number of rotatable bonds is 5. The maximum Gasteiger partial charge on any atom is 0.330 e. The predicted molar refractivity (Wildman–Crippen MR) is 57.3 cm³/mol. The molecule has 0 aromatic rings. The zero-order valence-electron chi connectivity index (χ0n) is 9.41. The number of hydrogen-bond acceptors (Lipinski definition) is 4. The first-order valence-electron chi connectivity index (χ1n) is 5.29. The van der Waals surface area contributed by atoms with E-state index in [2.05, 4.69) is 25.7 Å². The van der Waals surface area contributed by atoms with Gasteiger partial charge in [-0.05, 0) is 5.92 Å². The molecule has 1 atom stereocenters. The van der Waals surface area contributed by atoms with Crippen LogP contribution in [0.25, 0.3) is 0 Å². The fourth-order valence-corrected chi connectivity index (χ4v) is 1.73. The molecule has 0 aromatic carbocycles. The fourth-order valence-electron chi connectivity index (χ4n) is 1.73. The molecule has 1 unspecified atom stereocenters. The summed E-state index contributed by atoms with van der Waals surface area (Å²) in [5.41, 5.74) is -0.332. The Morgan fingerprint density at radius 2 is 2.47 bits per heavy atom. The standard InChI is InChI=1S/C11H19NO3/c1-4-10(13)14-7-5-11(9(2)3)12-6-8-15-11/h4,9,12H,1,5-8H2,2-3H3. The van der Waals surface area contributed by atoms with Crippen molar-refractivity contribution in [1.29, 1.82) is 0 Å². The van der Waals surface area contributed by atoms with E-state index in [4.69, 9.17) is 9.47 Å². The molecule has 1 aliphatic heterocycles. The van der Waals surface area contributed by atoms with Crippen LogP contribution in [0.4, 0.5) is 0 Å². The molecule has 0 aliphatic carbocycles. The number of carbonyl (C=O) groups excluding carboxylic acids is 1. The fraction of sp³-hybridized carbons (Fsp3) is 0.727. The number of carbonyl (C=O) groups is 1. The highest BCUT2D eigenvalue weighted by Crippen LogP contribution is 2.26. The van der Waals surface area contributed by atoms with Crippen molar-refractivity contribution in [2.75, 3.05) is 19.8 Å². The molecule has 1 rings (SSSR count). The van der Waals surface area contributed by atoms with Gasteiger partial charge >= 0.3 is 5.97 Å². The smallest absolute Gasteiger partial charge is 0.330 e. The molecular weight excluding hydrogens is 194 g/mol. The van der Waals surface area contributed by atoms with Crippen molar-refractivity contribution in [3.05, 3.63) is 12.7 Å². The van der Waals surface area contributed by atoms with Crippen molar-refractivity contribution in [2.24, 2.45) is 5.92 Å². The Hall–Kier alpha value is -0.870. The molecular formula is C11H19NO3. The maximum atomic E-state index is 10.9. The van der Waals surface area contributed by atoms with E-state index in [9.17, 15) is 4.79 Å². The van der Waals surface area contributed by atoms with Crippen LogP contribution in [-0.2, 0) is 14.3 Å². The second-order valence-corrected chi connectivity index (χ2v) is 3.94. The van der Waals surface area contributed by atoms with Crippen LogP contribution >= 0.6 is 0 Å². The van der Waals surface area contributed by atoms with Crippen molar-refractivity contribution in [3.8, 4) is 0 Å². The molecule has 4 nitrogen and oxygen atoms in total. The van der Waals surface area contributed by atoms with Gasteiger partial charge in [0.25, 0.3) is 0 Å². The zero-order chi connectivity index (χ0) is 11.3. The van der Waals surface area contributed by atoms with Gasteiger partial charge in [0.1, 0.15) is 5.72 Å². The monoisotopic (exact) mass is 213 g/mol. The third-order valence-corrected chi connectivity index (χ3v) is 2.70. The van der Waals surface area contributed by atoms with Gasteiger partial charge in [0.2, 0.25) is 0 Å². The lowest BCUT2D eigenvalue weighted by Crippen LogP contribution is -2.47. The minimum Gasteiger partial charge on any atom is -0.462 e. The molecule has 1 fully saturated rings. The first kappa shape index (κ1) is 12.2. The van der Waals surface area contributed by atoms with E-state index in [1.54, 1.807) is 0 Å². The second-order valence-electron chi connectivity index (χ2n) is 3.94. The molecule has 1 saturated heterocycles. The molecule has 0 spiro atoms. The van der Waals surface area contributed by atoms with Crippen LogP contribution in [0.5, 0.6) is 0 Å². The van der Waals surface area contributed by atoms with Gasteiger partial charge in [0.15, 0.2) is 0 Å². The average molecular weight is 213 g/mol. The first-order chi connectivity index (χ1) is 7.10. The van der Waals surface area contributed by atoms with Gasteiger partial charge < -0.3 is 9.47 Å². The minimum absolute atomic E-state index is 0.332. The first-order valence-corrected chi connectivity index (χ1v) is 5.29. The highest BCUT2D eigenvalue weighted by atomic mass is 16.5. The summed E-state index contributed by atoms with van der Waals surface area (Å²) in [6.07, 6.45) is 1.84. The molecule has 0 radical (unpaired) electrons. The lowest BCUT2D eigenvalue weighted by atomic mass is 9.97. The van der Waals surface area contributed by atoms with E-state index in [1.165, 1.54) is 6.08 Å². The average Bonchev–Trinajstić information content (AvgIpc) is 2.67. The van der Waals surface area contributed by atoms with Gasteiger partial charge in [0.05, 0.1) is 13.2 Å². The lowest BCUT2D eigenvalue weighted by molar-refractivity contribution is -0.140. The lowest BCUT2D eigenvalue weighted by Gasteiger charge is -2.32. The van der Waals surface area contributed by atoms with Crippen LogP contribution in [0.3, 0.4) is 0 Å². The maximum absolute atomic E-state index is 10.9. The third-order valence-electron chi connectivity index (χ3n) is 2.70. The van der Waals surface area contributed by atoms with Crippen LogP contribution in [0, 0.1) is 5.92 Å².